The Labute approximate surface area is 145 Å². The molecule has 7 heteroatoms. The van der Waals surface area contributed by atoms with Gasteiger partial charge >= 0.3 is 0 Å². The van der Waals surface area contributed by atoms with Crippen LogP contribution < -0.4 is 14.2 Å². The molecule has 1 N–H and O–H groups in total. The Morgan fingerprint density at radius 2 is 1.68 bits per heavy atom. The molecule has 0 aliphatic rings. The third-order valence-corrected chi connectivity index (χ3v) is 3.91. The number of pyridine rings is 1. The second-order valence-corrected chi connectivity index (χ2v) is 5.33. The molecule has 2 aromatic heterocycles. The van der Waals surface area contributed by atoms with Crippen LogP contribution in [-0.4, -0.2) is 41.2 Å². The lowest BCUT2D eigenvalue weighted by Gasteiger charge is -2.13. The first-order valence-electron chi connectivity index (χ1n) is 7.60. The number of rotatable bonds is 5. The Kier molecular flexibility index (Phi) is 4.47. The van der Waals surface area contributed by atoms with E-state index in [0.717, 1.165) is 10.3 Å². The van der Waals surface area contributed by atoms with Crippen molar-refractivity contribution in [2.24, 2.45) is 0 Å². The van der Waals surface area contributed by atoms with Gasteiger partial charge in [0.2, 0.25) is 0 Å². The van der Waals surface area contributed by atoms with E-state index in [9.17, 15) is 5.21 Å². The van der Waals surface area contributed by atoms with E-state index in [0.29, 0.717) is 40.0 Å². The standard InChI is InChI=1S/C18H19N3O4/c1-11-17(12-6-5-7-19-10-12)21(22)18(20-11)13-8-15(24-3)16(25-4)9-14(13)23-2/h5-10,22H,1-4H3. The molecule has 2 heterocycles. The molecule has 0 fully saturated rings. The van der Waals surface area contributed by atoms with Gasteiger partial charge in [-0.3, -0.25) is 4.98 Å². The summed E-state index contributed by atoms with van der Waals surface area (Å²) in [5.41, 5.74) is 2.59. The average molecular weight is 341 g/mol. The van der Waals surface area contributed by atoms with Gasteiger partial charge in [-0.15, -0.1) is 0 Å². The van der Waals surface area contributed by atoms with Crippen molar-refractivity contribution < 1.29 is 19.4 Å². The van der Waals surface area contributed by atoms with Gasteiger partial charge in [0.25, 0.3) is 0 Å². The summed E-state index contributed by atoms with van der Waals surface area (Å²) in [5.74, 6) is 1.90. The van der Waals surface area contributed by atoms with Gasteiger partial charge in [0.05, 0.1) is 32.6 Å². The first-order valence-corrected chi connectivity index (χ1v) is 7.60. The molecule has 7 nitrogen and oxygen atoms in total. The molecule has 0 unspecified atom stereocenters. The van der Waals surface area contributed by atoms with Gasteiger partial charge in [-0.05, 0) is 25.1 Å². The zero-order chi connectivity index (χ0) is 18.0. The fraction of sp³-hybridized carbons (Fsp3) is 0.222. The van der Waals surface area contributed by atoms with Gasteiger partial charge in [-0.1, -0.05) is 0 Å². The molecule has 0 aliphatic heterocycles. The molecule has 0 radical (unpaired) electrons. The number of hydrogen-bond donors (Lipinski definition) is 1. The largest absolute Gasteiger partial charge is 0.496 e. The molecule has 3 rings (SSSR count). The Bertz CT molecular complexity index is 891. The monoisotopic (exact) mass is 341 g/mol. The van der Waals surface area contributed by atoms with Crippen LogP contribution in [0.15, 0.2) is 36.7 Å². The van der Waals surface area contributed by atoms with Crippen LogP contribution in [0.2, 0.25) is 0 Å². The number of ether oxygens (including phenoxy) is 3. The first-order chi connectivity index (χ1) is 12.1. The maximum Gasteiger partial charge on any atom is 0.180 e. The number of nitrogens with zero attached hydrogens (tertiary/aromatic N) is 3. The zero-order valence-corrected chi connectivity index (χ0v) is 14.5. The summed E-state index contributed by atoms with van der Waals surface area (Å²) in [6.07, 6.45) is 3.35. The lowest BCUT2D eigenvalue weighted by molar-refractivity contribution is 0.195. The summed E-state index contributed by atoms with van der Waals surface area (Å²) in [6.45, 7) is 1.83. The highest BCUT2D eigenvalue weighted by Gasteiger charge is 2.22. The van der Waals surface area contributed by atoms with Crippen molar-refractivity contribution in [3.63, 3.8) is 0 Å². The Morgan fingerprint density at radius 1 is 1.00 bits per heavy atom. The highest BCUT2D eigenvalue weighted by Crippen LogP contribution is 2.40. The number of aromatic nitrogens is 3. The molecule has 3 aromatic rings. The number of hydrogen-bond acceptors (Lipinski definition) is 6. The van der Waals surface area contributed by atoms with E-state index in [1.807, 2.05) is 13.0 Å². The highest BCUT2D eigenvalue weighted by molar-refractivity contribution is 5.73. The molecule has 0 saturated carbocycles. The summed E-state index contributed by atoms with van der Waals surface area (Å²) >= 11 is 0. The second-order valence-electron chi connectivity index (χ2n) is 5.33. The Balaban J connectivity index is 2.21. The van der Waals surface area contributed by atoms with Crippen LogP contribution in [0.4, 0.5) is 0 Å². The van der Waals surface area contributed by atoms with Crippen molar-refractivity contribution in [1.29, 1.82) is 0 Å². The van der Waals surface area contributed by atoms with E-state index in [-0.39, 0.29) is 0 Å². The second kappa shape index (κ2) is 6.72. The van der Waals surface area contributed by atoms with E-state index in [4.69, 9.17) is 14.2 Å². The van der Waals surface area contributed by atoms with Crippen molar-refractivity contribution in [1.82, 2.24) is 14.7 Å². The van der Waals surface area contributed by atoms with Crippen molar-refractivity contribution in [3.05, 3.63) is 42.4 Å². The maximum atomic E-state index is 10.7. The third-order valence-electron chi connectivity index (χ3n) is 3.91. The van der Waals surface area contributed by atoms with E-state index in [2.05, 4.69) is 9.97 Å². The van der Waals surface area contributed by atoms with Gasteiger partial charge in [-0.25, -0.2) is 4.98 Å². The minimum atomic E-state index is 0.342. The molecule has 1 aromatic carbocycles. The van der Waals surface area contributed by atoms with Gasteiger partial charge in [0.1, 0.15) is 11.4 Å². The quantitative estimate of drug-likeness (QED) is 0.718. The minimum absolute atomic E-state index is 0.342. The average Bonchev–Trinajstić information content (AvgIpc) is 2.95. The molecule has 130 valence electrons. The van der Waals surface area contributed by atoms with Crippen LogP contribution in [0.3, 0.4) is 0 Å². The number of aryl methyl sites for hydroxylation is 1. The van der Waals surface area contributed by atoms with Crippen LogP contribution in [0.1, 0.15) is 5.69 Å². The van der Waals surface area contributed by atoms with Gasteiger partial charge in [0.15, 0.2) is 17.3 Å². The fourth-order valence-corrected chi connectivity index (χ4v) is 2.73. The third kappa shape index (κ3) is 2.84. The fourth-order valence-electron chi connectivity index (χ4n) is 2.73. The first kappa shape index (κ1) is 16.6. The van der Waals surface area contributed by atoms with Crippen molar-refractivity contribution in [2.75, 3.05) is 21.3 Å². The molecule has 0 saturated heterocycles. The smallest absolute Gasteiger partial charge is 0.180 e. The molecule has 0 aliphatic carbocycles. The summed E-state index contributed by atoms with van der Waals surface area (Å²) < 4.78 is 17.1. The Hall–Kier alpha value is -3.22. The number of methoxy groups -OCH3 is 3. The lowest BCUT2D eigenvalue weighted by atomic mass is 10.1. The molecule has 0 bridgehead atoms. The van der Waals surface area contributed by atoms with Crippen LogP contribution in [0.25, 0.3) is 22.6 Å². The molecular weight excluding hydrogens is 322 g/mol. The molecule has 25 heavy (non-hydrogen) atoms. The van der Waals surface area contributed by atoms with E-state index < -0.39 is 0 Å². The minimum Gasteiger partial charge on any atom is -0.496 e. The van der Waals surface area contributed by atoms with E-state index >= 15 is 0 Å². The number of benzene rings is 1. The van der Waals surface area contributed by atoms with Crippen molar-refractivity contribution in [3.8, 4) is 39.9 Å². The van der Waals surface area contributed by atoms with Crippen LogP contribution in [0.5, 0.6) is 17.2 Å². The SMILES string of the molecule is COc1cc(OC)c(-c2nc(C)c(-c3cccnc3)n2O)cc1OC. The topological polar surface area (TPSA) is 78.6 Å². The normalized spacial score (nSPS) is 10.6. The summed E-state index contributed by atoms with van der Waals surface area (Å²) in [7, 11) is 4.64. The maximum absolute atomic E-state index is 10.7. The lowest BCUT2D eigenvalue weighted by Crippen LogP contribution is -2.00. The van der Waals surface area contributed by atoms with Crippen molar-refractivity contribution >= 4 is 0 Å². The zero-order valence-electron chi connectivity index (χ0n) is 14.5. The van der Waals surface area contributed by atoms with Gasteiger partial charge in [0, 0.05) is 24.0 Å². The number of imidazole rings is 1. The highest BCUT2D eigenvalue weighted by atomic mass is 16.5. The van der Waals surface area contributed by atoms with Gasteiger partial charge in [-0.2, -0.15) is 4.73 Å². The predicted molar refractivity (Wildman–Crippen MR) is 92.5 cm³/mol. The van der Waals surface area contributed by atoms with Crippen LogP contribution >= 0.6 is 0 Å². The molecule has 0 atom stereocenters. The summed E-state index contributed by atoms with van der Waals surface area (Å²) in [4.78, 5) is 8.60. The van der Waals surface area contributed by atoms with E-state index in [1.54, 1.807) is 51.9 Å². The molecular formula is C18H19N3O4. The molecule has 0 amide bonds. The summed E-state index contributed by atoms with van der Waals surface area (Å²) in [6, 6.07) is 7.08. The van der Waals surface area contributed by atoms with Crippen molar-refractivity contribution in [2.45, 2.75) is 6.92 Å². The van der Waals surface area contributed by atoms with Gasteiger partial charge < -0.3 is 19.4 Å². The summed E-state index contributed by atoms with van der Waals surface area (Å²) in [5, 5.41) is 10.7. The Morgan fingerprint density at radius 3 is 2.28 bits per heavy atom. The van der Waals surface area contributed by atoms with Crippen LogP contribution in [-0.2, 0) is 0 Å². The van der Waals surface area contributed by atoms with E-state index in [1.165, 1.54) is 0 Å². The van der Waals surface area contributed by atoms with Crippen LogP contribution in [0, 0.1) is 6.92 Å². The molecule has 0 spiro atoms. The predicted octanol–water partition coefficient (Wildman–Crippen LogP) is 3.18.